The minimum Gasteiger partial charge on any atom is -0.469 e. The predicted octanol–water partition coefficient (Wildman–Crippen LogP) is 4.80. The van der Waals surface area contributed by atoms with Crippen molar-refractivity contribution in [2.75, 3.05) is 33.3 Å². The molecule has 2 aliphatic rings. The number of aromatic nitrogens is 4. The molecule has 2 aliphatic heterocycles. The molecular formula is C40H54N8O5. The zero-order valence-electron chi connectivity index (χ0n) is 31.8. The maximum absolute atomic E-state index is 14.1. The van der Waals surface area contributed by atoms with Crippen molar-refractivity contribution in [2.45, 2.75) is 97.3 Å². The van der Waals surface area contributed by atoms with Crippen LogP contribution in [0.1, 0.15) is 131 Å². The number of esters is 1. The van der Waals surface area contributed by atoms with E-state index in [2.05, 4.69) is 34.4 Å². The Morgan fingerprint density at radius 3 is 2.23 bits per heavy atom. The zero-order chi connectivity index (χ0) is 38.4. The standard InChI is InChI=1S/C40H54N8O5/c1-7-25-16-26-17-33-36(24(5)49)22(3)30(46-33)19-29-21(2)27(10-11-34(50)43-14-8-12-41)38(47-29)28(18-35(51)53-6)39-37(40(52)44-15-9-13-42)23(4)31(48-39)20-32(25)45-26/h17,19-21,25,27,46,48H,7-16,18,41-42H2,1-6H3,(H,43,50)(H,44,52)/t21-,25+,27?/m0/s1. The Balaban J connectivity index is 1.90. The molecule has 5 heterocycles. The Labute approximate surface area is 310 Å². The minimum absolute atomic E-state index is 0.0589. The fraction of sp³-hybridized carbons (Fsp3) is 0.500. The lowest BCUT2D eigenvalue weighted by atomic mass is 9.85. The molecule has 0 saturated carbocycles. The number of aryl methyl sites for hydroxylation is 2. The third kappa shape index (κ3) is 8.52. The third-order valence-corrected chi connectivity index (χ3v) is 10.6. The van der Waals surface area contributed by atoms with Gasteiger partial charge in [-0.05, 0) is 95.3 Å². The van der Waals surface area contributed by atoms with Gasteiger partial charge in [0.1, 0.15) is 0 Å². The van der Waals surface area contributed by atoms with E-state index >= 15 is 0 Å². The van der Waals surface area contributed by atoms with Crippen LogP contribution in [0.5, 0.6) is 0 Å². The summed E-state index contributed by atoms with van der Waals surface area (Å²) in [5.41, 5.74) is 20.0. The second kappa shape index (κ2) is 17.3. The number of ether oxygens (including phenoxy) is 1. The molecule has 0 saturated heterocycles. The van der Waals surface area contributed by atoms with Crippen LogP contribution >= 0.6 is 0 Å². The Morgan fingerprint density at radius 2 is 1.57 bits per heavy atom. The summed E-state index contributed by atoms with van der Waals surface area (Å²) in [6.45, 7) is 11.3. The molecule has 0 aliphatic carbocycles. The van der Waals surface area contributed by atoms with E-state index in [0.717, 1.165) is 34.6 Å². The lowest BCUT2D eigenvalue weighted by molar-refractivity contribution is -0.139. The summed E-state index contributed by atoms with van der Waals surface area (Å²) in [5, 5.41) is 5.96. The molecule has 0 spiro atoms. The molecule has 3 aromatic rings. The molecule has 0 aromatic carbocycles. The second-order valence-corrected chi connectivity index (χ2v) is 14.2. The molecule has 3 aromatic heterocycles. The van der Waals surface area contributed by atoms with Crippen molar-refractivity contribution >= 4 is 45.6 Å². The van der Waals surface area contributed by atoms with Crippen LogP contribution in [-0.4, -0.2) is 76.8 Å². The lowest BCUT2D eigenvalue weighted by Gasteiger charge is -2.18. The lowest BCUT2D eigenvalue weighted by Crippen LogP contribution is -2.27. The average Bonchev–Trinajstić information content (AvgIpc) is 3.84. The molecule has 3 atom stereocenters. The van der Waals surface area contributed by atoms with Gasteiger partial charge in [-0.25, -0.2) is 0 Å². The van der Waals surface area contributed by atoms with Crippen LogP contribution in [0.3, 0.4) is 0 Å². The molecule has 8 N–H and O–H groups in total. The summed E-state index contributed by atoms with van der Waals surface area (Å²) in [4.78, 5) is 70.6. The van der Waals surface area contributed by atoms with Gasteiger partial charge in [0.15, 0.2) is 5.78 Å². The van der Waals surface area contributed by atoms with Crippen molar-refractivity contribution in [3.8, 4) is 0 Å². The van der Waals surface area contributed by atoms with Gasteiger partial charge in [-0.15, -0.1) is 0 Å². The Bertz CT molecular complexity index is 2050. The van der Waals surface area contributed by atoms with Crippen LogP contribution < -0.4 is 22.1 Å². The molecule has 13 heteroatoms. The van der Waals surface area contributed by atoms with E-state index in [-0.39, 0.29) is 48.2 Å². The molecule has 2 amide bonds. The zero-order valence-corrected chi connectivity index (χ0v) is 31.8. The van der Waals surface area contributed by atoms with E-state index in [9.17, 15) is 19.2 Å². The van der Waals surface area contributed by atoms with Crippen LogP contribution in [0, 0.1) is 13.8 Å². The molecule has 0 radical (unpaired) electrons. The number of hydrogen-bond donors (Lipinski definition) is 6. The first-order valence-electron chi connectivity index (χ1n) is 18.7. The highest BCUT2D eigenvalue weighted by molar-refractivity contribution is 6.06. The van der Waals surface area contributed by atoms with Gasteiger partial charge in [-0.2, -0.15) is 0 Å². The largest absolute Gasteiger partial charge is 0.469 e. The van der Waals surface area contributed by atoms with Crippen molar-refractivity contribution in [1.29, 1.82) is 0 Å². The predicted molar refractivity (Wildman–Crippen MR) is 206 cm³/mol. The Kier molecular flexibility index (Phi) is 12.8. The first-order valence-corrected chi connectivity index (χ1v) is 18.7. The SMILES string of the molecule is CC[C@@H]1Cc2cc3[nH]c(cc4nc(c(CC(=O)OC)c5[nH]c(cc1n2)c(C)c5C(=O)NCCCN)C(CCC(=O)NCCCN)[C@@H]4C)c(C)c3C(C)=O. The monoisotopic (exact) mass is 726 g/mol. The van der Waals surface area contributed by atoms with Crippen LogP contribution in [0.2, 0.25) is 0 Å². The van der Waals surface area contributed by atoms with Gasteiger partial charge >= 0.3 is 5.97 Å². The summed E-state index contributed by atoms with van der Waals surface area (Å²) >= 11 is 0. The van der Waals surface area contributed by atoms with Crippen molar-refractivity contribution < 1.29 is 23.9 Å². The number of ketones is 1. The number of amides is 2. The van der Waals surface area contributed by atoms with Crippen molar-refractivity contribution in [3.05, 3.63) is 68.8 Å². The first-order chi connectivity index (χ1) is 25.4. The number of nitrogens with one attached hydrogen (secondary N) is 4. The summed E-state index contributed by atoms with van der Waals surface area (Å²) in [7, 11) is 1.33. The second-order valence-electron chi connectivity index (χ2n) is 14.2. The number of aromatic amines is 2. The van der Waals surface area contributed by atoms with Gasteiger partial charge in [0.2, 0.25) is 5.91 Å². The van der Waals surface area contributed by atoms with Gasteiger partial charge in [0.05, 0.1) is 35.8 Å². The number of methoxy groups -OCH3 is 1. The summed E-state index contributed by atoms with van der Waals surface area (Å²) in [6.07, 6.45) is 3.29. The molecule has 1 unspecified atom stereocenters. The van der Waals surface area contributed by atoms with Gasteiger partial charge in [0.25, 0.3) is 5.91 Å². The minimum atomic E-state index is -0.496. The highest BCUT2D eigenvalue weighted by atomic mass is 16.5. The van der Waals surface area contributed by atoms with Crippen LogP contribution in [0.15, 0.2) is 18.2 Å². The number of carbonyl (C=O) groups excluding carboxylic acids is 4. The first kappa shape index (κ1) is 39.3. The fourth-order valence-corrected chi connectivity index (χ4v) is 7.56. The molecule has 53 heavy (non-hydrogen) atoms. The van der Waals surface area contributed by atoms with E-state index < -0.39 is 5.97 Å². The van der Waals surface area contributed by atoms with Crippen LogP contribution in [0.4, 0.5) is 0 Å². The fourth-order valence-electron chi connectivity index (χ4n) is 7.56. The normalized spacial score (nSPS) is 16.7. The molecular weight excluding hydrogens is 672 g/mol. The van der Waals surface area contributed by atoms with E-state index in [1.165, 1.54) is 7.11 Å². The molecule has 0 fully saturated rings. The number of nitrogens with zero attached hydrogens (tertiary/aromatic N) is 2. The Hall–Kier alpha value is -4.88. The van der Waals surface area contributed by atoms with Gasteiger partial charge in [-0.1, -0.05) is 13.8 Å². The van der Waals surface area contributed by atoms with Gasteiger partial charge in [0, 0.05) is 76.5 Å². The van der Waals surface area contributed by atoms with Gasteiger partial charge < -0.3 is 36.8 Å². The summed E-state index contributed by atoms with van der Waals surface area (Å²) in [6, 6.07) is 5.90. The van der Waals surface area contributed by atoms with Crippen molar-refractivity contribution in [2.24, 2.45) is 11.5 Å². The number of H-pyrrole nitrogens is 2. The van der Waals surface area contributed by atoms with Crippen LogP contribution in [0.25, 0.3) is 22.1 Å². The third-order valence-electron chi connectivity index (χ3n) is 10.6. The summed E-state index contributed by atoms with van der Waals surface area (Å²) in [5.74, 6) is -1.33. The number of Topliss-reactive ketones (excluding diaryl/α,β-unsaturated/α-hetero) is 1. The number of carbonyl (C=O) groups is 4. The highest BCUT2D eigenvalue weighted by Crippen LogP contribution is 2.43. The summed E-state index contributed by atoms with van der Waals surface area (Å²) < 4.78 is 5.21. The highest BCUT2D eigenvalue weighted by Gasteiger charge is 2.34. The molecule has 284 valence electrons. The van der Waals surface area contributed by atoms with E-state index in [4.69, 9.17) is 26.2 Å². The maximum Gasteiger partial charge on any atom is 0.310 e. The maximum atomic E-state index is 14.1. The molecule has 5 rings (SSSR count). The van der Waals surface area contributed by atoms with Crippen molar-refractivity contribution in [1.82, 2.24) is 30.6 Å². The molecule has 13 nitrogen and oxygen atoms in total. The average molecular weight is 727 g/mol. The number of rotatable bonds is 14. The quantitative estimate of drug-likeness (QED) is 0.0765. The van der Waals surface area contributed by atoms with Crippen molar-refractivity contribution in [3.63, 3.8) is 0 Å². The number of nitrogens with two attached hydrogens (primary N) is 2. The topological polar surface area (TPSA) is 211 Å². The van der Waals surface area contributed by atoms with Crippen LogP contribution in [-0.2, 0) is 27.2 Å². The van der Waals surface area contributed by atoms with E-state index in [0.29, 0.717) is 96.4 Å². The van der Waals surface area contributed by atoms with E-state index in [1.54, 1.807) is 6.92 Å². The van der Waals surface area contributed by atoms with Gasteiger partial charge in [-0.3, -0.25) is 29.1 Å². The number of fused-ring (bicyclic) bond motifs is 8. The van der Waals surface area contributed by atoms with E-state index in [1.807, 2.05) is 32.0 Å². The smallest absolute Gasteiger partial charge is 0.310 e. The Morgan fingerprint density at radius 1 is 0.906 bits per heavy atom. The number of hydrogen-bond acceptors (Lipinski definition) is 9. The molecule has 8 bridgehead atoms.